The van der Waals surface area contributed by atoms with E-state index in [1.165, 1.54) is 12.1 Å². The van der Waals surface area contributed by atoms with E-state index in [0.717, 1.165) is 19.3 Å². The van der Waals surface area contributed by atoms with E-state index >= 15 is 0 Å². The van der Waals surface area contributed by atoms with Crippen LogP contribution in [-0.4, -0.2) is 50.9 Å². The van der Waals surface area contributed by atoms with Gasteiger partial charge in [-0.15, -0.1) is 12.4 Å². The van der Waals surface area contributed by atoms with E-state index in [2.05, 4.69) is 10.6 Å². The van der Waals surface area contributed by atoms with Crippen molar-refractivity contribution in [1.82, 2.24) is 14.9 Å². The highest BCUT2D eigenvalue weighted by molar-refractivity contribution is 7.89. The molecule has 0 saturated carbocycles. The van der Waals surface area contributed by atoms with Gasteiger partial charge in [0.1, 0.15) is 0 Å². The third-order valence-electron chi connectivity index (χ3n) is 4.47. The van der Waals surface area contributed by atoms with Crippen LogP contribution in [0.15, 0.2) is 29.2 Å². The molecule has 1 amide bonds. The third-order valence-corrected chi connectivity index (χ3v) is 6.35. The molecule has 2 fully saturated rings. The van der Waals surface area contributed by atoms with Gasteiger partial charge in [0.15, 0.2) is 0 Å². The molecule has 23 heavy (non-hydrogen) atoms. The van der Waals surface area contributed by atoms with Crippen LogP contribution < -0.4 is 10.6 Å². The van der Waals surface area contributed by atoms with Crippen molar-refractivity contribution >= 4 is 28.3 Å². The molecule has 0 radical (unpaired) electrons. The van der Waals surface area contributed by atoms with Gasteiger partial charge >= 0.3 is 0 Å². The van der Waals surface area contributed by atoms with Crippen molar-refractivity contribution in [2.75, 3.05) is 20.1 Å². The van der Waals surface area contributed by atoms with Crippen molar-refractivity contribution in [2.45, 2.75) is 36.2 Å². The minimum atomic E-state index is -3.50. The monoisotopic (exact) mass is 359 g/mol. The first-order chi connectivity index (χ1) is 10.5. The molecular formula is C15H22ClN3O3S. The molecule has 2 N–H and O–H groups in total. The van der Waals surface area contributed by atoms with E-state index in [-0.39, 0.29) is 29.3 Å². The maximum absolute atomic E-state index is 12.8. The first kappa shape index (κ1) is 18.2. The van der Waals surface area contributed by atoms with Gasteiger partial charge in [0, 0.05) is 37.8 Å². The van der Waals surface area contributed by atoms with Crippen LogP contribution in [-0.2, 0) is 10.0 Å². The lowest BCUT2D eigenvalue weighted by atomic mass is 10.1. The lowest BCUT2D eigenvalue weighted by Crippen LogP contribution is -2.39. The molecular weight excluding hydrogens is 338 g/mol. The normalized spacial score (nSPS) is 24.6. The number of hydrogen-bond acceptors (Lipinski definition) is 4. The molecule has 8 heteroatoms. The van der Waals surface area contributed by atoms with Gasteiger partial charge in [0.25, 0.3) is 5.91 Å². The fraction of sp³-hybridized carbons (Fsp3) is 0.533. The Morgan fingerprint density at radius 2 is 1.83 bits per heavy atom. The Kier molecular flexibility index (Phi) is 5.67. The van der Waals surface area contributed by atoms with E-state index in [4.69, 9.17) is 0 Å². The second-order valence-electron chi connectivity index (χ2n) is 5.89. The number of carbonyl (C=O) groups is 1. The van der Waals surface area contributed by atoms with Crippen molar-refractivity contribution in [2.24, 2.45) is 0 Å². The van der Waals surface area contributed by atoms with Crippen molar-refractivity contribution in [1.29, 1.82) is 0 Å². The number of halogens is 1. The van der Waals surface area contributed by atoms with Gasteiger partial charge in [-0.25, -0.2) is 8.42 Å². The summed E-state index contributed by atoms with van der Waals surface area (Å²) >= 11 is 0. The van der Waals surface area contributed by atoms with Crippen molar-refractivity contribution in [3.63, 3.8) is 0 Å². The molecule has 0 aromatic heterocycles. The van der Waals surface area contributed by atoms with Crippen LogP contribution in [0, 0.1) is 0 Å². The zero-order chi connectivity index (χ0) is 15.7. The Labute approximate surface area is 143 Å². The zero-order valence-corrected chi connectivity index (χ0v) is 14.6. The van der Waals surface area contributed by atoms with Crippen LogP contribution in [0.2, 0.25) is 0 Å². The molecule has 1 aromatic carbocycles. The number of sulfonamides is 1. The summed E-state index contributed by atoms with van der Waals surface area (Å²) in [5.74, 6) is -0.222. The maximum atomic E-state index is 12.8. The highest BCUT2D eigenvalue weighted by Crippen LogP contribution is 2.25. The Morgan fingerprint density at radius 1 is 1.17 bits per heavy atom. The Morgan fingerprint density at radius 3 is 2.48 bits per heavy atom. The van der Waals surface area contributed by atoms with Gasteiger partial charge in [-0.3, -0.25) is 4.79 Å². The molecule has 2 aliphatic heterocycles. The van der Waals surface area contributed by atoms with Gasteiger partial charge in [0.2, 0.25) is 10.0 Å². The van der Waals surface area contributed by atoms with Crippen LogP contribution in [0.25, 0.3) is 0 Å². The van der Waals surface area contributed by atoms with Crippen LogP contribution in [0.4, 0.5) is 0 Å². The average Bonchev–Trinajstić information content (AvgIpc) is 2.85. The predicted molar refractivity (Wildman–Crippen MR) is 90.4 cm³/mol. The summed E-state index contributed by atoms with van der Waals surface area (Å²) in [6.45, 7) is 1.07. The fourth-order valence-electron chi connectivity index (χ4n) is 3.20. The molecule has 128 valence electrons. The topological polar surface area (TPSA) is 78.5 Å². The van der Waals surface area contributed by atoms with E-state index in [1.54, 1.807) is 23.5 Å². The van der Waals surface area contributed by atoms with E-state index < -0.39 is 10.0 Å². The van der Waals surface area contributed by atoms with E-state index in [1.807, 2.05) is 0 Å². The Bertz CT molecular complexity index is 663. The van der Waals surface area contributed by atoms with Gasteiger partial charge in [-0.2, -0.15) is 4.31 Å². The number of rotatable bonds is 3. The van der Waals surface area contributed by atoms with Crippen LogP contribution in [0.1, 0.15) is 29.6 Å². The Balaban J connectivity index is 0.00000192. The van der Waals surface area contributed by atoms with Crippen LogP contribution in [0.5, 0.6) is 0 Å². The molecule has 2 unspecified atom stereocenters. The van der Waals surface area contributed by atoms with Gasteiger partial charge in [-0.1, -0.05) is 0 Å². The molecule has 2 saturated heterocycles. The smallest absolute Gasteiger partial charge is 0.251 e. The summed E-state index contributed by atoms with van der Waals surface area (Å²) in [5, 5.41) is 6.00. The number of benzene rings is 1. The van der Waals surface area contributed by atoms with Crippen LogP contribution >= 0.6 is 12.4 Å². The number of fused-ring (bicyclic) bond motifs is 2. The SMILES string of the molecule is CNC(=O)c1ccc(S(=O)(=O)N2CCC3CCC(C2)N3)cc1.Cl. The molecule has 2 bridgehead atoms. The number of nitrogens with zero attached hydrogens (tertiary/aromatic N) is 1. The maximum Gasteiger partial charge on any atom is 0.251 e. The first-order valence-electron chi connectivity index (χ1n) is 7.59. The van der Waals surface area contributed by atoms with Gasteiger partial charge in [-0.05, 0) is 43.5 Å². The Hall–Kier alpha value is -1.15. The summed E-state index contributed by atoms with van der Waals surface area (Å²) in [5.41, 5.74) is 0.457. The summed E-state index contributed by atoms with van der Waals surface area (Å²) < 4.78 is 27.1. The number of nitrogens with one attached hydrogen (secondary N) is 2. The summed E-state index contributed by atoms with van der Waals surface area (Å²) in [6.07, 6.45) is 3.03. The zero-order valence-electron chi connectivity index (χ0n) is 13.0. The molecule has 1 aromatic rings. The van der Waals surface area contributed by atoms with Crippen molar-refractivity contribution in [3.05, 3.63) is 29.8 Å². The molecule has 2 aliphatic rings. The summed E-state index contributed by atoms with van der Waals surface area (Å²) in [4.78, 5) is 11.8. The van der Waals surface area contributed by atoms with E-state index in [9.17, 15) is 13.2 Å². The molecule has 2 atom stereocenters. The van der Waals surface area contributed by atoms with E-state index in [0.29, 0.717) is 24.7 Å². The number of carbonyl (C=O) groups excluding carboxylic acids is 1. The molecule has 0 aliphatic carbocycles. The summed E-state index contributed by atoms with van der Waals surface area (Å²) in [7, 11) is -1.95. The molecule has 0 spiro atoms. The average molecular weight is 360 g/mol. The van der Waals surface area contributed by atoms with Crippen LogP contribution in [0.3, 0.4) is 0 Å². The predicted octanol–water partition coefficient (Wildman–Crippen LogP) is 0.983. The highest BCUT2D eigenvalue weighted by atomic mass is 35.5. The van der Waals surface area contributed by atoms with Crippen molar-refractivity contribution < 1.29 is 13.2 Å². The quantitative estimate of drug-likeness (QED) is 0.843. The minimum Gasteiger partial charge on any atom is -0.355 e. The molecule has 2 heterocycles. The van der Waals surface area contributed by atoms with Gasteiger partial charge in [0.05, 0.1) is 4.90 Å². The van der Waals surface area contributed by atoms with Gasteiger partial charge < -0.3 is 10.6 Å². The second-order valence-corrected chi connectivity index (χ2v) is 7.83. The molecule has 6 nitrogen and oxygen atoms in total. The minimum absolute atomic E-state index is 0. The fourth-order valence-corrected chi connectivity index (χ4v) is 4.70. The number of amides is 1. The lowest BCUT2D eigenvalue weighted by Gasteiger charge is -2.23. The number of hydrogen-bond donors (Lipinski definition) is 2. The highest BCUT2D eigenvalue weighted by Gasteiger charge is 2.34. The standard InChI is InChI=1S/C15H21N3O3S.ClH/c1-16-15(19)11-2-6-14(7-3-11)22(20,21)18-9-8-12-4-5-13(10-18)17-12;/h2-3,6-7,12-13,17H,4-5,8-10H2,1H3,(H,16,19);1H. The first-order valence-corrected chi connectivity index (χ1v) is 9.03. The summed E-state index contributed by atoms with van der Waals surface area (Å²) in [6, 6.07) is 6.82. The third kappa shape index (κ3) is 3.68. The lowest BCUT2D eigenvalue weighted by molar-refractivity contribution is 0.0963. The second kappa shape index (κ2) is 7.17. The van der Waals surface area contributed by atoms with Crippen molar-refractivity contribution in [3.8, 4) is 0 Å². The largest absolute Gasteiger partial charge is 0.355 e. The molecule has 3 rings (SSSR count).